The van der Waals surface area contributed by atoms with E-state index >= 15 is 0 Å². The molecule has 0 aromatic carbocycles. The lowest BCUT2D eigenvalue weighted by molar-refractivity contribution is -0.389. The Kier molecular flexibility index (Phi) is 13.5. The minimum Gasteiger partial charge on any atom is -0.331 e. The highest BCUT2D eigenvalue weighted by Crippen LogP contribution is 2.45. The second-order valence-corrected chi connectivity index (χ2v) is 11.2. The average molecular weight is 392 g/mol. The first-order valence-corrected chi connectivity index (χ1v) is 12.6. The van der Waals surface area contributed by atoms with Gasteiger partial charge in [0.2, 0.25) is 0 Å². The van der Waals surface area contributed by atoms with E-state index in [2.05, 4.69) is 40.2 Å². The Bertz CT molecular complexity index is 327. The van der Waals surface area contributed by atoms with Crippen molar-refractivity contribution in [3.63, 3.8) is 0 Å². The molecule has 0 radical (unpaired) electrons. The lowest BCUT2D eigenvalue weighted by atomic mass is 9.68. The lowest BCUT2D eigenvalue weighted by Crippen LogP contribution is -2.50. The predicted molar refractivity (Wildman–Crippen MR) is 117 cm³/mol. The summed E-state index contributed by atoms with van der Waals surface area (Å²) >= 11 is 0. The molecule has 2 unspecified atom stereocenters. The SMILES string of the molecule is CCCCCCCC(C(CCC[S+](C)C)C(OC)(OC)OC)C(C)(C)C. The molecule has 158 valence electrons. The highest BCUT2D eigenvalue weighted by molar-refractivity contribution is 7.95. The molecular formula is C22H47O3S+. The molecule has 0 spiro atoms. The van der Waals surface area contributed by atoms with Crippen molar-refractivity contribution in [2.75, 3.05) is 39.6 Å². The molecule has 4 heteroatoms. The van der Waals surface area contributed by atoms with Crippen LogP contribution in [-0.4, -0.2) is 45.6 Å². The third kappa shape index (κ3) is 8.95. The summed E-state index contributed by atoms with van der Waals surface area (Å²) in [5.74, 6) is 1.05. The van der Waals surface area contributed by atoms with Gasteiger partial charge in [0.25, 0.3) is 5.97 Å². The largest absolute Gasteiger partial charge is 0.331 e. The average Bonchev–Trinajstić information content (AvgIpc) is 2.57. The van der Waals surface area contributed by atoms with E-state index in [1.54, 1.807) is 21.3 Å². The molecule has 0 aromatic heterocycles. The lowest BCUT2D eigenvalue weighted by Gasteiger charge is -2.45. The van der Waals surface area contributed by atoms with Crippen LogP contribution in [0, 0.1) is 17.3 Å². The summed E-state index contributed by atoms with van der Waals surface area (Å²) in [5, 5.41) is 0. The van der Waals surface area contributed by atoms with Crippen LogP contribution in [0.25, 0.3) is 0 Å². The third-order valence-corrected chi connectivity index (χ3v) is 6.70. The fourth-order valence-electron chi connectivity index (χ4n) is 4.13. The predicted octanol–water partition coefficient (Wildman–Crippen LogP) is 5.88. The van der Waals surface area contributed by atoms with Crippen LogP contribution in [0.4, 0.5) is 0 Å². The van der Waals surface area contributed by atoms with Gasteiger partial charge in [0.05, 0.1) is 12.5 Å². The second-order valence-electron chi connectivity index (χ2n) is 8.83. The van der Waals surface area contributed by atoms with Gasteiger partial charge >= 0.3 is 0 Å². The summed E-state index contributed by atoms with van der Waals surface area (Å²) in [7, 11) is 5.61. The van der Waals surface area contributed by atoms with E-state index in [0.717, 1.165) is 6.42 Å². The van der Waals surface area contributed by atoms with Crippen molar-refractivity contribution in [1.82, 2.24) is 0 Å². The number of unbranched alkanes of at least 4 members (excludes halogenated alkanes) is 4. The molecule has 0 aliphatic heterocycles. The van der Waals surface area contributed by atoms with Crippen molar-refractivity contribution >= 4 is 10.9 Å². The van der Waals surface area contributed by atoms with Gasteiger partial charge in [-0.25, -0.2) is 0 Å². The molecule has 3 nitrogen and oxygen atoms in total. The van der Waals surface area contributed by atoms with Gasteiger partial charge in [-0.2, -0.15) is 0 Å². The molecule has 0 saturated carbocycles. The minimum atomic E-state index is -0.943. The molecule has 0 saturated heterocycles. The monoisotopic (exact) mass is 391 g/mol. The molecule has 2 atom stereocenters. The van der Waals surface area contributed by atoms with E-state index in [9.17, 15) is 0 Å². The first-order chi connectivity index (χ1) is 12.2. The zero-order chi connectivity index (χ0) is 20.2. The number of rotatable bonds is 15. The molecule has 0 rings (SSSR count). The van der Waals surface area contributed by atoms with Crippen molar-refractivity contribution in [2.45, 2.75) is 85.0 Å². The highest BCUT2D eigenvalue weighted by Gasteiger charge is 2.47. The van der Waals surface area contributed by atoms with Gasteiger partial charge in [0.1, 0.15) is 5.75 Å². The Morgan fingerprint density at radius 3 is 1.65 bits per heavy atom. The van der Waals surface area contributed by atoms with Crippen molar-refractivity contribution in [1.29, 1.82) is 0 Å². The molecule has 26 heavy (non-hydrogen) atoms. The van der Waals surface area contributed by atoms with E-state index in [0.29, 0.717) is 16.8 Å². The smallest absolute Gasteiger partial charge is 0.285 e. The van der Waals surface area contributed by atoms with Gasteiger partial charge in [-0.3, -0.25) is 0 Å². The van der Waals surface area contributed by atoms with Gasteiger partial charge in [0, 0.05) is 27.2 Å². The van der Waals surface area contributed by atoms with Gasteiger partial charge in [-0.1, -0.05) is 59.8 Å². The van der Waals surface area contributed by atoms with Crippen LogP contribution in [0.5, 0.6) is 0 Å². The van der Waals surface area contributed by atoms with E-state index in [4.69, 9.17) is 14.2 Å². The summed E-state index contributed by atoms with van der Waals surface area (Å²) in [6.45, 7) is 9.33. The molecule has 0 aliphatic carbocycles. The second kappa shape index (κ2) is 13.4. The number of ether oxygens (including phenoxy) is 3. The molecule has 0 fully saturated rings. The third-order valence-electron chi connectivity index (χ3n) is 5.59. The van der Waals surface area contributed by atoms with Crippen LogP contribution < -0.4 is 0 Å². The number of hydrogen-bond donors (Lipinski definition) is 0. The Labute approximate surface area is 167 Å². The maximum absolute atomic E-state index is 5.83. The fourth-order valence-corrected chi connectivity index (χ4v) is 4.87. The quantitative estimate of drug-likeness (QED) is 0.198. The number of methoxy groups -OCH3 is 3. The summed E-state index contributed by atoms with van der Waals surface area (Å²) in [4.78, 5) is 0. The Morgan fingerprint density at radius 2 is 1.23 bits per heavy atom. The van der Waals surface area contributed by atoms with E-state index in [-0.39, 0.29) is 11.3 Å². The standard InChI is InChI=1S/C22H47O3S/c1-10-11-12-13-14-16-19(21(2,3)4)20(17-15-18-26(8)9)22(23-5,24-6)25-7/h19-20H,10-18H2,1-9H3/q+1. The van der Waals surface area contributed by atoms with Gasteiger partial charge in [-0.05, 0) is 41.5 Å². The van der Waals surface area contributed by atoms with Crippen LogP contribution in [0.15, 0.2) is 0 Å². The molecule has 0 amide bonds. The van der Waals surface area contributed by atoms with Crippen molar-refractivity contribution in [2.24, 2.45) is 17.3 Å². The molecule has 0 heterocycles. The molecule has 0 N–H and O–H groups in total. The van der Waals surface area contributed by atoms with Crippen molar-refractivity contribution in [3.8, 4) is 0 Å². The van der Waals surface area contributed by atoms with E-state index in [1.165, 1.54) is 50.7 Å². The zero-order valence-electron chi connectivity index (χ0n) is 19.2. The summed E-state index contributed by atoms with van der Waals surface area (Å²) in [5.41, 5.74) is 0.191. The van der Waals surface area contributed by atoms with Gasteiger partial charge in [0.15, 0.2) is 0 Å². The van der Waals surface area contributed by atoms with Crippen LogP contribution >= 0.6 is 0 Å². The fraction of sp³-hybridized carbons (Fsp3) is 1.00. The minimum absolute atomic E-state index is 0.191. The Morgan fingerprint density at radius 1 is 0.731 bits per heavy atom. The van der Waals surface area contributed by atoms with Gasteiger partial charge in [-0.15, -0.1) is 0 Å². The normalized spacial score (nSPS) is 15.5. The molecule has 0 aromatic rings. The van der Waals surface area contributed by atoms with Crippen LogP contribution in [0.3, 0.4) is 0 Å². The van der Waals surface area contributed by atoms with E-state index < -0.39 is 5.97 Å². The van der Waals surface area contributed by atoms with E-state index in [1.807, 2.05) is 0 Å². The van der Waals surface area contributed by atoms with Crippen LogP contribution in [0.2, 0.25) is 0 Å². The van der Waals surface area contributed by atoms with Gasteiger partial charge < -0.3 is 14.2 Å². The van der Waals surface area contributed by atoms with Crippen molar-refractivity contribution in [3.05, 3.63) is 0 Å². The van der Waals surface area contributed by atoms with Crippen LogP contribution in [0.1, 0.15) is 79.1 Å². The highest BCUT2D eigenvalue weighted by atomic mass is 32.2. The Balaban J connectivity index is 5.35. The molecule has 0 aliphatic rings. The summed E-state index contributed by atoms with van der Waals surface area (Å²) in [6, 6.07) is 0. The summed E-state index contributed by atoms with van der Waals surface area (Å²) in [6.07, 6.45) is 14.7. The maximum Gasteiger partial charge on any atom is 0.285 e. The summed E-state index contributed by atoms with van der Waals surface area (Å²) < 4.78 is 17.5. The first kappa shape index (κ1) is 26.2. The molecule has 0 bridgehead atoms. The molecular weight excluding hydrogens is 344 g/mol. The topological polar surface area (TPSA) is 27.7 Å². The maximum atomic E-state index is 5.83. The van der Waals surface area contributed by atoms with Crippen LogP contribution in [-0.2, 0) is 25.1 Å². The zero-order valence-corrected chi connectivity index (χ0v) is 20.0. The Hall–Kier alpha value is 0.230. The van der Waals surface area contributed by atoms with Crippen molar-refractivity contribution < 1.29 is 14.2 Å². The number of hydrogen-bond acceptors (Lipinski definition) is 3. The first-order valence-electron chi connectivity index (χ1n) is 10.4.